The van der Waals surface area contributed by atoms with E-state index in [1.807, 2.05) is 48.5 Å². The van der Waals surface area contributed by atoms with E-state index in [0.717, 1.165) is 21.7 Å². The number of fused-ring (bicyclic) bond motifs is 1. The van der Waals surface area contributed by atoms with E-state index in [4.69, 9.17) is 16.2 Å². The third-order valence-corrected chi connectivity index (χ3v) is 3.46. The van der Waals surface area contributed by atoms with Gasteiger partial charge in [-0.3, -0.25) is 0 Å². The molecule has 0 aliphatic heterocycles. The Labute approximate surface area is 119 Å². The third kappa shape index (κ3) is 2.70. The summed E-state index contributed by atoms with van der Waals surface area (Å²) in [7, 11) is 0. The maximum atomic E-state index is 5.77. The van der Waals surface area contributed by atoms with Gasteiger partial charge >= 0.3 is 0 Å². The molecule has 0 aliphatic rings. The summed E-state index contributed by atoms with van der Waals surface area (Å²) in [6.45, 7) is 0. The van der Waals surface area contributed by atoms with Crippen molar-refractivity contribution in [1.82, 2.24) is 4.98 Å². The van der Waals surface area contributed by atoms with Crippen LogP contribution in [0.2, 0.25) is 0 Å². The van der Waals surface area contributed by atoms with Crippen LogP contribution in [0.25, 0.3) is 10.2 Å². The van der Waals surface area contributed by atoms with E-state index >= 15 is 0 Å². The van der Waals surface area contributed by atoms with Gasteiger partial charge in [0, 0.05) is 6.07 Å². The lowest BCUT2D eigenvalue weighted by Gasteiger charge is -2.04. The molecule has 2 aromatic carbocycles. The van der Waals surface area contributed by atoms with E-state index in [1.165, 1.54) is 11.3 Å². The smallest absolute Gasteiger partial charge is 0.213 e. The fourth-order valence-electron chi connectivity index (χ4n) is 1.74. The topological polar surface area (TPSA) is 86.5 Å². The number of hydrogen-bond acceptors (Lipinski definition) is 4. The molecule has 0 bridgehead atoms. The van der Waals surface area contributed by atoms with Gasteiger partial charge in [-0.1, -0.05) is 29.5 Å². The lowest BCUT2D eigenvalue weighted by atomic mass is 10.3. The van der Waals surface area contributed by atoms with Crippen molar-refractivity contribution in [3.05, 3.63) is 48.5 Å². The number of para-hydroxylation sites is 1. The SMILES string of the molecule is NC(N)=Nc1nc2ccc(Oc3ccccc3)cc2s1. The number of nitrogens with zero attached hydrogens (tertiary/aromatic N) is 2. The number of guanidine groups is 1. The summed E-state index contributed by atoms with van der Waals surface area (Å²) in [6.07, 6.45) is 0. The largest absolute Gasteiger partial charge is 0.457 e. The van der Waals surface area contributed by atoms with Crippen molar-refractivity contribution in [2.24, 2.45) is 16.5 Å². The summed E-state index contributed by atoms with van der Waals surface area (Å²) in [6, 6.07) is 15.3. The second kappa shape index (κ2) is 5.18. The van der Waals surface area contributed by atoms with E-state index in [0.29, 0.717) is 5.13 Å². The molecule has 0 spiro atoms. The van der Waals surface area contributed by atoms with Gasteiger partial charge in [-0.25, -0.2) is 4.98 Å². The van der Waals surface area contributed by atoms with Crippen LogP contribution >= 0.6 is 11.3 Å². The summed E-state index contributed by atoms with van der Waals surface area (Å²) in [5.74, 6) is 1.55. The molecule has 0 saturated carbocycles. The minimum absolute atomic E-state index is 0.00446. The molecule has 5 nitrogen and oxygen atoms in total. The van der Waals surface area contributed by atoms with Crippen LogP contribution in [0.5, 0.6) is 11.5 Å². The van der Waals surface area contributed by atoms with Gasteiger partial charge in [-0.05, 0) is 24.3 Å². The average molecular weight is 284 g/mol. The van der Waals surface area contributed by atoms with Crippen LogP contribution in [0.15, 0.2) is 53.5 Å². The number of hydrogen-bond donors (Lipinski definition) is 2. The molecule has 0 fully saturated rings. The van der Waals surface area contributed by atoms with Gasteiger partial charge in [0.05, 0.1) is 10.2 Å². The molecule has 3 rings (SSSR count). The van der Waals surface area contributed by atoms with Crippen molar-refractivity contribution in [3.63, 3.8) is 0 Å². The first-order chi connectivity index (χ1) is 9.70. The minimum Gasteiger partial charge on any atom is -0.457 e. The molecule has 0 radical (unpaired) electrons. The number of thiazole rings is 1. The molecule has 1 heterocycles. The Morgan fingerprint density at radius 2 is 1.85 bits per heavy atom. The molecule has 4 N–H and O–H groups in total. The van der Waals surface area contributed by atoms with Gasteiger partial charge < -0.3 is 16.2 Å². The normalized spacial score (nSPS) is 10.4. The number of rotatable bonds is 3. The Kier molecular flexibility index (Phi) is 3.22. The molecule has 0 aliphatic carbocycles. The Morgan fingerprint density at radius 1 is 1.05 bits per heavy atom. The highest BCUT2D eigenvalue weighted by Crippen LogP contribution is 2.32. The van der Waals surface area contributed by atoms with Crippen molar-refractivity contribution in [2.45, 2.75) is 0 Å². The van der Waals surface area contributed by atoms with Crippen LogP contribution in [0.1, 0.15) is 0 Å². The van der Waals surface area contributed by atoms with Crippen molar-refractivity contribution in [2.75, 3.05) is 0 Å². The number of aromatic nitrogens is 1. The summed E-state index contributed by atoms with van der Waals surface area (Å²) in [5.41, 5.74) is 11.5. The van der Waals surface area contributed by atoms with E-state index in [-0.39, 0.29) is 5.96 Å². The maximum absolute atomic E-state index is 5.77. The predicted octanol–water partition coefficient (Wildman–Crippen LogP) is 2.99. The average Bonchev–Trinajstić information content (AvgIpc) is 2.80. The van der Waals surface area contributed by atoms with Gasteiger partial charge in [-0.2, -0.15) is 4.99 Å². The fraction of sp³-hybridized carbons (Fsp3) is 0. The molecule has 100 valence electrons. The monoisotopic (exact) mass is 284 g/mol. The number of benzene rings is 2. The molecule has 0 atom stereocenters. The zero-order chi connectivity index (χ0) is 13.9. The number of ether oxygens (including phenoxy) is 1. The summed E-state index contributed by atoms with van der Waals surface area (Å²) < 4.78 is 6.74. The Hall–Kier alpha value is -2.60. The van der Waals surface area contributed by atoms with Crippen LogP contribution in [0.3, 0.4) is 0 Å². The van der Waals surface area contributed by atoms with Crippen molar-refractivity contribution in [1.29, 1.82) is 0 Å². The quantitative estimate of drug-likeness (QED) is 0.572. The van der Waals surface area contributed by atoms with Gasteiger partial charge in [0.1, 0.15) is 11.5 Å². The molecule has 3 aromatic rings. The molecular formula is C14H12N4OS. The van der Waals surface area contributed by atoms with Crippen molar-refractivity contribution < 1.29 is 4.74 Å². The second-order valence-electron chi connectivity index (χ2n) is 4.08. The lowest BCUT2D eigenvalue weighted by Crippen LogP contribution is -2.21. The van der Waals surface area contributed by atoms with E-state index < -0.39 is 0 Å². The molecule has 0 unspecified atom stereocenters. The van der Waals surface area contributed by atoms with Crippen molar-refractivity contribution in [3.8, 4) is 11.5 Å². The zero-order valence-electron chi connectivity index (χ0n) is 10.5. The number of nitrogens with two attached hydrogens (primary N) is 2. The first-order valence-corrected chi connectivity index (χ1v) is 6.75. The van der Waals surface area contributed by atoms with E-state index in [2.05, 4.69) is 9.98 Å². The summed E-state index contributed by atoms with van der Waals surface area (Å²) in [5, 5.41) is 0.539. The second-order valence-corrected chi connectivity index (χ2v) is 5.09. The van der Waals surface area contributed by atoms with Gasteiger partial charge in [0.25, 0.3) is 0 Å². The van der Waals surface area contributed by atoms with Crippen LogP contribution < -0.4 is 16.2 Å². The van der Waals surface area contributed by atoms with Gasteiger partial charge in [-0.15, -0.1) is 0 Å². The third-order valence-electron chi connectivity index (χ3n) is 2.55. The number of aliphatic imine (C=N–C) groups is 1. The first-order valence-electron chi connectivity index (χ1n) is 5.94. The standard InChI is InChI=1S/C14H12N4OS/c15-13(16)18-14-17-11-7-6-10(8-12(11)20-14)19-9-4-2-1-3-5-9/h1-8H,(H4,15,16,17,18). The minimum atomic E-state index is 0.00446. The van der Waals surface area contributed by atoms with Gasteiger partial charge in [0.15, 0.2) is 5.96 Å². The predicted molar refractivity (Wildman–Crippen MR) is 81.6 cm³/mol. The molecular weight excluding hydrogens is 272 g/mol. The van der Waals surface area contributed by atoms with Crippen LogP contribution in [-0.4, -0.2) is 10.9 Å². The first kappa shape index (κ1) is 12.4. The van der Waals surface area contributed by atoms with Crippen LogP contribution in [0.4, 0.5) is 5.13 Å². The van der Waals surface area contributed by atoms with Crippen molar-refractivity contribution >= 4 is 32.6 Å². The zero-order valence-corrected chi connectivity index (χ0v) is 11.3. The lowest BCUT2D eigenvalue weighted by molar-refractivity contribution is 0.483. The Bertz CT molecular complexity index is 763. The maximum Gasteiger partial charge on any atom is 0.213 e. The highest BCUT2D eigenvalue weighted by Gasteiger charge is 2.05. The molecule has 20 heavy (non-hydrogen) atoms. The highest BCUT2D eigenvalue weighted by atomic mass is 32.1. The summed E-state index contributed by atoms with van der Waals surface area (Å²) in [4.78, 5) is 8.27. The van der Waals surface area contributed by atoms with Crippen LogP contribution in [0, 0.1) is 0 Å². The molecule has 1 aromatic heterocycles. The Balaban J connectivity index is 1.92. The highest BCUT2D eigenvalue weighted by molar-refractivity contribution is 7.22. The molecule has 0 amide bonds. The summed E-state index contributed by atoms with van der Waals surface area (Å²) >= 11 is 1.41. The van der Waals surface area contributed by atoms with E-state index in [9.17, 15) is 0 Å². The van der Waals surface area contributed by atoms with Crippen LogP contribution in [-0.2, 0) is 0 Å². The Morgan fingerprint density at radius 3 is 2.60 bits per heavy atom. The molecule has 0 saturated heterocycles. The van der Waals surface area contributed by atoms with E-state index in [1.54, 1.807) is 0 Å². The van der Waals surface area contributed by atoms with Gasteiger partial charge in [0.2, 0.25) is 5.13 Å². The molecule has 6 heteroatoms. The fourth-order valence-corrected chi connectivity index (χ4v) is 2.62.